The topological polar surface area (TPSA) is 47.6 Å². The molecule has 1 aliphatic heterocycles. The molecule has 1 aromatic rings. The van der Waals surface area contributed by atoms with Crippen molar-refractivity contribution in [3.63, 3.8) is 0 Å². The van der Waals surface area contributed by atoms with Crippen molar-refractivity contribution < 1.29 is 14.3 Å². The number of alkyl halides is 1. The van der Waals surface area contributed by atoms with Crippen LogP contribution in [0.25, 0.3) is 0 Å². The van der Waals surface area contributed by atoms with Gasteiger partial charge in [0.25, 0.3) is 5.91 Å². The van der Waals surface area contributed by atoms with E-state index in [4.69, 9.17) is 21.1 Å². The highest BCUT2D eigenvalue weighted by Crippen LogP contribution is 2.23. The number of hydrogen-bond donors (Lipinski definition) is 1. The van der Waals surface area contributed by atoms with Crippen molar-refractivity contribution in [2.45, 2.75) is 31.7 Å². The van der Waals surface area contributed by atoms with Crippen LogP contribution in [0, 0.1) is 0 Å². The summed E-state index contributed by atoms with van der Waals surface area (Å²) in [4.78, 5) is 12.4. The van der Waals surface area contributed by atoms with Crippen LogP contribution in [0.2, 0.25) is 0 Å². The third kappa shape index (κ3) is 4.35. The Labute approximate surface area is 130 Å². The molecule has 0 bridgehead atoms. The lowest BCUT2D eigenvalue weighted by Gasteiger charge is -2.36. The fraction of sp³-hybridized carbons (Fsp3) is 0.562. The molecule has 1 amide bonds. The van der Waals surface area contributed by atoms with E-state index in [9.17, 15) is 4.79 Å². The molecule has 4 nitrogen and oxygen atoms in total. The lowest BCUT2D eigenvalue weighted by atomic mass is 9.92. The van der Waals surface area contributed by atoms with E-state index in [2.05, 4.69) is 5.32 Å². The number of rotatable bonds is 6. The molecule has 0 aliphatic carbocycles. The molecule has 2 rings (SSSR count). The van der Waals surface area contributed by atoms with Gasteiger partial charge in [-0.15, -0.1) is 11.6 Å². The number of halogens is 1. The average molecular weight is 312 g/mol. The van der Waals surface area contributed by atoms with E-state index in [0.717, 1.165) is 25.0 Å². The van der Waals surface area contributed by atoms with Crippen LogP contribution in [-0.4, -0.2) is 37.1 Å². The number of ether oxygens (including phenoxy) is 2. The van der Waals surface area contributed by atoms with E-state index in [1.807, 2.05) is 19.1 Å². The van der Waals surface area contributed by atoms with Crippen molar-refractivity contribution in [2.75, 3.05) is 25.7 Å². The minimum atomic E-state index is -0.364. The summed E-state index contributed by atoms with van der Waals surface area (Å²) < 4.78 is 10.9. The smallest absolute Gasteiger partial charge is 0.251 e. The van der Waals surface area contributed by atoms with Crippen LogP contribution >= 0.6 is 11.6 Å². The summed E-state index contributed by atoms with van der Waals surface area (Å²) in [7, 11) is 0. The summed E-state index contributed by atoms with van der Waals surface area (Å²) >= 11 is 6.07. The molecule has 0 aromatic heterocycles. The lowest BCUT2D eigenvalue weighted by molar-refractivity contribution is 0.0433. The summed E-state index contributed by atoms with van der Waals surface area (Å²) in [6.45, 7) is 3.96. The van der Waals surface area contributed by atoms with Crippen LogP contribution in [0.5, 0.6) is 5.75 Å². The minimum absolute atomic E-state index is 0.112. The molecular formula is C16H22ClNO3. The Kier molecular flexibility index (Phi) is 5.88. The fourth-order valence-electron chi connectivity index (χ4n) is 2.31. The molecule has 1 aliphatic rings. The van der Waals surface area contributed by atoms with Gasteiger partial charge >= 0.3 is 0 Å². The lowest BCUT2D eigenvalue weighted by Crippen LogP contribution is -2.53. The Morgan fingerprint density at radius 2 is 2.19 bits per heavy atom. The SMILES string of the molecule is CCCOc1cccc(C(=O)NC2(CCl)CCOCC2)c1. The number of carbonyl (C=O) groups excluding carboxylic acids is 1. The molecule has 1 fully saturated rings. The van der Waals surface area contributed by atoms with Crippen molar-refractivity contribution in [1.29, 1.82) is 0 Å². The van der Waals surface area contributed by atoms with Gasteiger partial charge in [-0.1, -0.05) is 13.0 Å². The van der Waals surface area contributed by atoms with Gasteiger partial charge in [-0.25, -0.2) is 0 Å². The first-order valence-electron chi connectivity index (χ1n) is 7.38. The van der Waals surface area contributed by atoms with Gasteiger partial charge in [-0.05, 0) is 37.5 Å². The molecule has 1 saturated heterocycles. The number of nitrogens with one attached hydrogen (secondary N) is 1. The molecule has 0 spiro atoms. The van der Waals surface area contributed by atoms with Gasteiger partial charge in [0.1, 0.15) is 5.75 Å². The highest BCUT2D eigenvalue weighted by molar-refractivity contribution is 6.19. The zero-order valence-electron chi connectivity index (χ0n) is 12.4. The third-order valence-corrected chi connectivity index (χ3v) is 4.17. The summed E-state index contributed by atoms with van der Waals surface area (Å²) in [5.74, 6) is 1.00. The monoisotopic (exact) mass is 311 g/mol. The van der Waals surface area contributed by atoms with Gasteiger partial charge in [0.05, 0.1) is 12.1 Å². The van der Waals surface area contributed by atoms with Crippen molar-refractivity contribution >= 4 is 17.5 Å². The maximum absolute atomic E-state index is 12.4. The first-order chi connectivity index (χ1) is 10.2. The van der Waals surface area contributed by atoms with Gasteiger partial charge < -0.3 is 14.8 Å². The average Bonchev–Trinajstić information content (AvgIpc) is 2.54. The Morgan fingerprint density at radius 3 is 2.86 bits per heavy atom. The molecular weight excluding hydrogens is 290 g/mol. The predicted molar refractivity (Wildman–Crippen MR) is 83.2 cm³/mol. The molecule has 5 heteroatoms. The second kappa shape index (κ2) is 7.66. The fourth-order valence-corrected chi connectivity index (χ4v) is 2.65. The molecule has 21 heavy (non-hydrogen) atoms. The normalized spacial score (nSPS) is 17.2. The molecule has 0 unspecified atom stereocenters. The van der Waals surface area contributed by atoms with Crippen LogP contribution in [0.3, 0.4) is 0 Å². The molecule has 0 atom stereocenters. The molecule has 1 heterocycles. The van der Waals surface area contributed by atoms with E-state index in [1.165, 1.54) is 0 Å². The second-order valence-electron chi connectivity index (χ2n) is 5.36. The summed E-state index contributed by atoms with van der Waals surface area (Å²) in [5.41, 5.74) is 0.233. The van der Waals surface area contributed by atoms with Gasteiger partial charge in [-0.2, -0.15) is 0 Å². The van der Waals surface area contributed by atoms with E-state index in [1.54, 1.807) is 12.1 Å². The summed E-state index contributed by atoms with van der Waals surface area (Å²) in [5, 5.41) is 3.08. The number of carbonyl (C=O) groups is 1. The number of amides is 1. The van der Waals surface area contributed by atoms with Crippen molar-refractivity contribution in [1.82, 2.24) is 5.32 Å². The van der Waals surface area contributed by atoms with Crippen LogP contribution in [0.4, 0.5) is 0 Å². The maximum Gasteiger partial charge on any atom is 0.251 e. The number of benzene rings is 1. The first-order valence-corrected chi connectivity index (χ1v) is 7.92. The zero-order valence-corrected chi connectivity index (χ0v) is 13.1. The van der Waals surface area contributed by atoms with Gasteiger partial charge in [0.15, 0.2) is 0 Å². The van der Waals surface area contributed by atoms with Crippen LogP contribution in [0.1, 0.15) is 36.5 Å². The minimum Gasteiger partial charge on any atom is -0.494 e. The summed E-state index contributed by atoms with van der Waals surface area (Å²) in [6, 6.07) is 7.25. The summed E-state index contributed by atoms with van der Waals surface area (Å²) in [6.07, 6.45) is 2.42. The molecule has 1 aromatic carbocycles. The van der Waals surface area contributed by atoms with Crippen molar-refractivity contribution in [3.05, 3.63) is 29.8 Å². The largest absolute Gasteiger partial charge is 0.494 e. The molecule has 0 saturated carbocycles. The van der Waals surface area contributed by atoms with E-state index < -0.39 is 0 Å². The van der Waals surface area contributed by atoms with Crippen molar-refractivity contribution in [3.8, 4) is 5.75 Å². The molecule has 116 valence electrons. The molecule has 0 radical (unpaired) electrons. The Bertz CT molecular complexity index is 472. The Balaban J connectivity index is 2.05. The standard InChI is InChI=1S/C16H22ClNO3/c1-2-8-21-14-5-3-4-13(11-14)15(19)18-16(12-17)6-9-20-10-7-16/h3-5,11H,2,6-10,12H2,1H3,(H,18,19). The second-order valence-corrected chi connectivity index (χ2v) is 5.62. The van der Waals surface area contributed by atoms with E-state index in [-0.39, 0.29) is 11.4 Å². The van der Waals surface area contributed by atoms with Crippen LogP contribution in [0.15, 0.2) is 24.3 Å². The first kappa shape index (κ1) is 16.1. The Morgan fingerprint density at radius 1 is 1.43 bits per heavy atom. The van der Waals surface area contributed by atoms with Gasteiger partial charge in [0, 0.05) is 24.7 Å². The van der Waals surface area contributed by atoms with E-state index in [0.29, 0.717) is 31.3 Å². The van der Waals surface area contributed by atoms with E-state index >= 15 is 0 Å². The van der Waals surface area contributed by atoms with Crippen LogP contribution in [-0.2, 0) is 4.74 Å². The molecule has 1 N–H and O–H groups in total. The zero-order chi connectivity index (χ0) is 15.1. The van der Waals surface area contributed by atoms with Gasteiger partial charge in [0.2, 0.25) is 0 Å². The highest BCUT2D eigenvalue weighted by atomic mass is 35.5. The highest BCUT2D eigenvalue weighted by Gasteiger charge is 2.33. The Hall–Kier alpha value is -1.26. The predicted octanol–water partition coefficient (Wildman–Crippen LogP) is 2.99. The van der Waals surface area contributed by atoms with Gasteiger partial charge in [-0.3, -0.25) is 4.79 Å². The number of hydrogen-bond acceptors (Lipinski definition) is 3. The quantitative estimate of drug-likeness (QED) is 0.822. The van der Waals surface area contributed by atoms with Crippen LogP contribution < -0.4 is 10.1 Å². The maximum atomic E-state index is 12.4. The van der Waals surface area contributed by atoms with Crippen molar-refractivity contribution in [2.24, 2.45) is 0 Å². The third-order valence-electron chi connectivity index (χ3n) is 3.65.